The third-order valence-corrected chi connectivity index (χ3v) is 0.992. The molecule has 0 aliphatic rings. The maximum Gasteiger partial charge on any atom is 2.00 e. The topological polar surface area (TPSA) is 128 Å². The van der Waals surface area contributed by atoms with Crippen molar-refractivity contribution in [3.05, 3.63) is 6.61 Å². The molecule has 0 bridgehead atoms. The van der Waals surface area contributed by atoms with Gasteiger partial charge in [-0.05, 0) is 6.10 Å². The molecule has 0 aliphatic carbocycles. The zero-order valence-corrected chi connectivity index (χ0v) is 10.7. The molecule has 5 N–H and O–H groups in total. The van der Waals surface area contributed by atoms with Gasteiger partial charge in [-0.2, -0.15) is 6.61 Å². The molecule has 0 saturated carbocycles. The van der Waals surface area contributed by atoms with Crippen LogP contribution in [0.15, 0.2) is 0 Å². The molecule has 0 aromatic carbocycles. The van der Waals surface area contributed by atoms with E-state index < -0.39 is 18.3 Å². The number of rotatable bonds is 4. The summed E-state index contributed by atoms with van der Waals surface area (Å²) in [7, 11) is 0. The average Bonchev–Trinajstić information content (AvgIpc) is 2.00. The Labute approximate surface area is 110 Å². The Morgan fingerprint density at radius 3 is 1.92 bits per heavy atom. The van der Waals surface area contributed by atoms with E-state index in [1.807, 2.05) is 0 Å². The largest absolute Gasteiger partial charge is 2.00 e. The molecule has 0 saturated heterocycles. The maximum atomic E-state index is 9.75. The van der Waals surface area contributed by atoms with E-state index in [2.05, 4.69) is 0 Å². The van der Waals surface area contributed by atoms with Gasteiger partial charge in [0.2, 0.25) is 0 Å². The molecule has 0 aromatic heterocycles. The summed E-state index contributed by atoms with van der Waals surface area (Å²) in [4.78, 5) is 9.75. The molecular weight excluding hydrogens is 293 g/mol. The molecule has 0 rings (SSSR count). The first-order chi connectivity index (χ1) is 4.63. The van der Waals surface area contributed by atoms with E-state index in [1.54, 1.807) is 0 Å². The van der Waals surface area contributed by atoms with Gasteiger partial charge >= 0.3 is 48.9 Å². The van der Waals surface area contributed by atoms with Gasteiger partial charge in [-0.15, -0.1) is 0 Å². The Balaban J connectivity index is -0.000000405. The molecule has 0 aliphatic heterocycles. The van der Waals surface area contributed by atoms with Gasteiger partial charge in [0.1, 0.15) is 6.10 Å². The van der Waals surface area contributed by atoms with E-state index in [1.165, 1.54) is 0 Å². The van der Waals surface area contributed by atoms with Crippen LogP contribution in [-0.4, -0.2) is 99.4 Å². The van der Waals surface area contributed by atoms with Gasteiger partial charge in [-0.3, -0.25) is 0 Å². The van der Waals surface area contributed by atoms with Crippen LogP contribution in [0, 0.1) is 6.61 Å². The quantitative estimate of drug-likeness (QED) is 0.253. The summed E-state index contributed by atoms with van der Waals surface area (Å²) in [6.07, 6.45) is -4.86. The molecule has 0 fully saturated rings. The van der Waals surface area contributed by atoms with E-state index in [9.17, 15) is 4.79 Å². The van der Waals surface area contributed by atoms with E-state index in [0.29, 0.717) is 0 Å². The van der Waals surface area contributed by atoms with Crippen LogP contribution >= 0.6 is 0 Å². The summed E-state index contributed by atoms with van der Waals surface area (Å²) < 4.78 is 0. The van der Waals surface area contributed by atoms with Crippen LogP contribution < -0.4 is 0 Å². The summed E-state index contributed by atoms with van der Waals surface area (Å²) in [6, 6.07) is 0. The molecule has 0 amide bonds. The molecule has 7 heteroatoms. The predicted octanol–water partition coefficient (Wildman–Crippen LogP) is -2.76. The van der Waals surface area contributed by atoms with Crippen LogP contribution in [-0.2, 0) is 4.79 Å². The first kappa shape index (κ1) is 18.8. The van der Waals surface area contributed by atoms with Crippen LogP contribution in [0.25, 0.3) is 0 Å². The molecule has 0 radical (unpaired) electrons. The smallest absolute Gasteiger partial charge is 0.870 e. The Morgan fingerprint density at radius 2 is 1.67 bits per heavy atom. The number of carbonyl (C=O) groups is 1. The molecule has 68 valence electrons. The second-order valence-electron chi connectivity index (χ2n) is 1.76. The van der Waals surface area contributed by atoms with Crippen LogP contribution in [0.3, 0.4) is 0 Å². The van der Waals surface area contributed by atoms with Gasteiger partial charge in [-0.25, -0.2) is 0 Å². The summed E-state index contributed by atoms with van der Waals surface area (Å²) in [6.45, 7) is 0.289. The predicted molar refractivity (Wildman–Crippen MR) is 38.0 cm³/mol. The monoisotopic (exact) mass is 304 g/mol. The van der Waals surface area contributed by atoms with E-state index in [0.717, 1.165) is 0 Å². The number of aliphatic hydroxyl groups excluding tert-OH is 4. The normalized spacial score (nSPS) is 16.3. The van der Waals surface area contributed by atoms with E-state index >= 15 is 0 Å². The second-order valence-corrected chi connectivity index (χ2v) is 1.76. The van der Waals surface area contributed by atoms with Crippen LogP contribution in [0.4, 0.5) is 0 Å². The Bertz CT molecular complexity index is 110. The molecule has 0 spiro atoms. The van der Waals surface area contributed by atoms with Gasteiger partial charge in [0.05, 0.1) is 6.10 Å². The zero-order valence-electron chi connectivity index (χ0n) is 6.24. The van der Waals surface area contributed by atoms with Crippen molar-refractivity contribution in [2.75, 3.05) is 0 Å². The number of hydrogen-bond donors (Lipinski definition) is 4. The van der Waals surface area contributed by atoms with Crippen LogP contribution in [0.2, 0.25) is 0 Å². The zero-order chi connectivity index (χ0) is 8.15. The molecule has 0 aromatic rings. The van der Waals surface area contributed by atoms with Crippen molar-refractivity contribution in [3.8, 4) is 0 Å². The van der Waals surface area contributed by atoms with Gasteiger partial charge < -0.3 is 30.7 Å². The molecule has 12 heavy (non-hydrogen) atoms. The number of hydrogen-bond acceptors (Lipinski definition) is 6. The Kier molecular flexibility index (Phi) is 15.8. The van der Waals surface area contributed by atoms with Crippen molar-refractivity contribution in [3.63, 3.8) is 0 Å². The fourth-order valence-electron chi connectivity index (χ4n) is 0.371. The summed E-state index contributed by atoms with van der Waals surface area (Å²) in [5, 5.41) is 33.8. The van der Waals surface area contributed by atoms with Crippen molar-refractivity contribution >= 4 is 55.2 Å². The minimum Gasteiger partial charge on any atom is -0.870 e. The number of carbonyl (C=O) groups excluding carboxylic acids is 1. The van der Waals surface area contributed by atoms with Gasteiger partial charge in [0.25, 0.3) is 0 Å². The first-order valence-corrected chi connectivity index (χ1v) is 2.60. The molecule has 0 heterocycles. The molecule has 3 atom stereocenters. The average molecular weight is 303 g/mol. The SMILES string of the molecule is O=C[C@@H](O)[C@H](O)[C@@H](O)[CH-]O.[Ba+2].[OH-]. The maximum absolute atomic E-state index is 9.75. The fraction of sp³-hybridized carbons (Fsp3) is 0.600. The van der Waals surface area contributed by atoms with Gasteiger partial charge in [0.15, 0.2) is 6.29 Å². The summed E-state index contributed by atoms with van der Waals surface area (Å²) >= 11 is 0. The van der Waals surface area contributed by atoms with E-state index in [4.69, 9.17) is 20.4 Å². The molecular formula is C5H10BaO6. The first-order valence-electron chi connectivity index (χ1n) is 2.60. The number of aliphatic hydroxyl groups is 4. The Morgan fingerprint density at radius 1 is 1.25 bits per heavy atom. The summed E-state index contributed by atoms with van der Waals surface area (Å²) in [5.74, 6) is 0. The van der Waals surface area contributed by atoms with Crippen LogP contribution in [0.5, 0.6) is 0 Å². The molecule has 6 nitrogen and oxygen atoms in total. The van der Waals surface area contributed by atoms with Crippen molar-refractivity contribution in [1.82, 2.24) is 0 Å². The fourth-order valence-corrected chi connectivity index (χ4v) is 0.371. The standard InChI is InChI=1S/C5H9O5.Ba.H2O/c6-1-3(8)5(10)4(9)2-7;;/h1-6,8-10H;;1H2/q-1;+2;/p-1/t3-,4+,5+;;/m0../s1. The third kappa shape index (κ3) is 6.55. The summed E-state index contributed by atoms with van der Waals surface area (Å²) in [5.41, 5.74) is 0. The van der Waals surface area contributed by atoms with E-state index in [-0.39, 0.29) is 67.3 Å². The van der Waals surface area contributed by atoms with Crippen molar-refractivity contribution in [2.24, 2.45) is 0 Å². The minimum absolute atomic E-state index is 0. The third-order valence-electron chi connectivity index (χ3n) is 0.992. The second kappa shape index (κ2) is 10.1. The van der Waals surface area contributed by atoms with Gasteiger partial charge in [0, 0.05) is 0 Å². The van der Waals surface area contributed by atoms with Crippen molar-refractivity contribution < 1.29 is 30.7 Å². The van der Waals surface area contributed by atoms with Crippen LogP contribution in [0.1, 0.15) is 0 Å². The van der Waals surface area contributed by atoms with Gasteiger partial charge in [-0.1, -0.05) is 0 Å². The minimum atomic E-state index is -1.67. The van der Waals surface area contributed by atoms with Crippen molar-refractivity contribution in [2.45, 2.75) is 18.3 Å². The van der Waals surface area contributed by atoms with Crippen molar-refractivity contribution in [1.29, 1.82) is 0 Å². The number of aldehydes is 1. The Hall–Kier alpha value is 1.04. The molecule has 0 unspecified atom stereocenters.